The Morgan fingerprint density at radius 1 is 0.933 bits per heavy atom. The predicted molar refractivity (Wildman–Crippen MR) is 60.7 cm³/mol. The topological polar surface area (TPSA) is 18.5 Å². The van der Waals surface area contributed by atoms with Crippen LogP contribution >= 0.6 is 0 Å². The SMILES string of the molecule is COc1cc2c(cc1OC)CC(C)(C)C2. The van der Waals surface area contributed by atoms with E-state index < -0.39 is 0 Å². The Morgan fingerprint density at radius 2 is 1.33 bits per heavy atom. The van der Waals surface area contributed by atoms with Crippen molar-refractivity contribution in [3.8, 4) is 11.5 Å². The van der Waals surface area contributed by atoms with E-state index >= 15 is 0 Å². The summed E-state index contributed by atoms with van der Waals surface area (Å²) < 4.78 is 10.6. The van der Waals surface area contributed by atoms with Crippen molar-refractivity contribution >= 4 is 0 Å². The van der Waals surface area contributed by atoms with Crippen molar-refractivity contribution in [2.75, 3.05) is 14.2 Å². The third kappa shape index (κ3) is 1.81. The third-order valence-electron chi connectivity index (χ3n) is 3.04. The minimum Gasteiger partial charge on any atom is -0.493 e. The van der Waals surface area contributed by atoms with Gasteiger partial charge in [0.25, 0.3) is 0 Å². The van der Waals surface area contributed by atoms with Crippen molar-refractivity contribution in [1.29, 1.82) is 0 Å². The molecule has 15 heavy (non-hydrogen) atoms. The zero-order valence-corrected chi connectivity index (χ0v) is 9.89. The maximum Gasteiger partial charge on any atom is 0.161 e. The molecule has 1 aliphatic rings. The molecule has 82 valence electrons. The smallest absolute Gasteiger partial charge is 0.161 e. The summed E-state index contributed by atoms with van der Waals surface area (Å²) in [4.78, 5) is 0. The first-order chi connectivity index (χ1) is 7.05. The van der Waals surface area contributed by atoms with E-state index in [1.54, 1.807) is 14.2 Å². The molecule has 0 saturated heterocycles. The van der Waals surface area contributed by atoms with Crippen molar-refractivity contribution in [1.82, 2.24) is 0 Å². The lowest BCUT2D eigenvalue weighted by Gasteiger charge is -2.14. The summed E-state index contributed by atoms with van der Waals surface area (Å²) in [6, 6.07) is 4.23. The van der Waals surface area contributed by atoms with Crippen LogP contribution in [0.3, 0.4) is 0 Å². The summed E-state index contributed by atoms with van der Waals surface area (Å²) >= 11 is 0. The normalized spacial score (nSPS) is 17.3. The molecule has 2 nitrogen and oxygen atoms in total. The van der Waals surface area contributed by atoms with Gasteiger partial charge in [0, 0.05) is 0 Å². The van der Waals surface area contributed by atoms with Crippen molar-refractivity contribution in [2.24, 2.45) is 5.41 Å². The van der Waals surface area contributed by atoms with E-state index in [1.807, 2.05) is 0 Å². The fourth-order valence-electron chi connectivity index (χ4n) is 2.39. The van der Waals surface area contributed by atoms with Gasteiger partial charge in [-0.1, -0.05) is 13.8 Å². The van der Waals surface area contributed by atoms with Crippen LogP contribution in [0.1, 0.15) is 25.0 Å². The van der Waals surface area contributed by atoms with Crippen LogP contribution < -0.4 is 9.47 Å². The summed E-state index contributed by atoms with van der Waals surface area (Å²) in [5.74, 6) is 1.68. The van der Waals surface area contributed by atoms with Crippen molar-refractivity contribution in [3.63, 3.8) is 0 Å². The molecule has 1 aliphatic carbocycles. The molecular weight excluding hydrogens is 188 g/mol. The number of rotatable bonds is 2. The number of benzene rings is 1. The zero-order valence-electron chi connectivity index (χ0n) is 9.89. The highest BCUT2D eigenvalue weighted by Crippen LogP contribution is 2.41. The highest BCUT2D eigenvalue weighted by atomic mass is 16.5. The Balaban J connectivity index is 2.44. The highest BCUT2D eigenvalue weighted by molar-refractivity contribution is 5.49. The van der Waals surface area contributed by atoms with E-state index in [-0.39, 0.29) is 0 Å². The molecule has 2 heteroatoms. The first-order valence-corrected chi connectivity index (χ1v) is 5.29. The van der Waals surface area contributed by atoms with Gasteiger partial charge in [0.15, 0.2) is 11.5 Å². The summed E-state index contributed by atoms with van der Waals surface area (Å²) in [6.07, 6.45) is 2.26. The van der Waals surface area contributed by atoms with Gasteiger partial charge in [0.1, 0.15) is 0 Å². The molecule has 0 bridgehead atoms. The van der Waals surface area contributed by atoms with Crippen LogP contribution in [0.2, 0.25) is 0 Å². The van der Waals surface area contributed by atoms with Gasteiger partial charge in [-0.25, -0.2) is 0 Å². The number of hydrogen-bond acceptors (Lipinski definition) is 2. The lowest BCUT2D eigenvalue weighted by atomic mass is 9.90. The molecule has 0 unspecified atom stereocenters. The second kappa shape index (κ2) is 3.44. The van der Waals surface area contributed by atoms with Crippen molar-refractivity contribution in [2.45, 2.75) is 26.7 Å². The van der Waals surface area contributed by atoms with Gasteiger partial charge in [0.05, 0.1) is 14.2 Å². The first kappa shape index (κ1) is 10.3. The third-order valence-corrected chi connectivity index (χ3v) is 3.04. The quantitative estimate of drug-likeness (QED) is 0.740. The Bertz CT molecular complexity index is 345. The number of ether oxygens (including phenoxy) is 2. The summed E-state index contributed by atoms with van der Waals surface area (Å²) in [5, 5.41) is 0. The molecule has 0 spiro atoms. The lowest BCUT2D eigenvalue weighted by Crippen LogP contribution is -2.09. The van der Waals surface area contributed by atoms with Gasteiger partial charge in [-0.05, 0) is 41.5 Å². The second-order valence-corrected chi connectivity index (χ2v) is 4.99. The van der Waals surface area contributed by atoms with E-state index in [0.717, 1.165) is 24.3 Å². The first-order valence-electron chi connectivity index (χ1n) is 5.29. The average Bonchev–Trinajstić information content (AvgIpc) is 2.48. The van der Waals surface area contributed by atoms with Gasteiger partial charge in [-0.2, -0.15) is 0 Å². The molecule has 0 aliphatic heterocycles. The van der Waals surface area contributed by atoms with Crippen LogP contribution in [0.4, 0.5) is 0 Å². The molecule has 0 radical (unpaired) electrons. The Labute approximate surface area is 91.2 Å². The molecule has 2 rings (SSSR count). The van der Waals surface area contributed by atoms with Gasteiger partial charge in [-0.15, -0.1) is 0 Å². The molecule has 0 fully saturated rings. The van der Waals surface area contributed by atoms with E-state index in [1.165, 1.54) is 11.1 Å². The monoisotopic (exact) mass is 206 g/mol. The summed E-state index contributed by atoms with van der Waals surface area (Å²) in [6.45, 7) is 4.60. The van der Waals surface area contributed by atoms with Crippen LogP contribution in [-0.2, 0) is 12.8 Å². The van der Waals surface area contributed by atoms with Crippen LogP contribution in [0, 0.1) is 5.41 Å². The number of fused-ring (bicyclic) bond motifs is 1. The molecule has 0 N–H and O–H groups in total. The molecule has 1 aromatic rings. The minimum absolute atomic E-state index is 0.375. The van der Waals surface area contributed by atoms with E-state index in [2.05, 4.69) is 26.0 Å². The maximum absolute atomic E-state index is 5.30. The lowest BCUT2D eigenvalue weighted by molar-refractivity contribution is 0.354. The molecule has 1 aromatic carbocycles. The molecule has 0 saturated carbocycles. The highest BCUT2D eigenvalue weighted by Gasteiger charge is 2.29. The molecule has 0 amide bonds. The van der Waals surface area contributed by atoms with Crippen molar-refractivity contribution in [3.05, 3.63) is 23.3 Å². The standard InChI is InChI=1S/C13H18O2/c1-13(2)7-9-5-11(14-3)12(15-4)6-10(9)8-13/h5-6H,7-8H2,1-4H3. The molecule has 0 heterocycles. The van der Waals surface area contributed by atoms with E-state index in [9.17, 15) is 0 Å². The summed E-state index contributed by atoms with van der Waals surface area (Å²) in [5.41, 5.74) is 3.18. The number of methoxy groups -OCH3 is 2. The van der Waals surface area contributed by atoms with Gasteiger partial charge < -0.3 is 9.47 Å². The fraction of sp³-hybridized carbons (Fsp3) is 0.538. The zero-order chi connectivity index (χ0) is 11.1. The Hall–Kier alpha value is -1.18. The maximum atomic E-state index is 5.30. The number of hydrogen-bond donors (Lipinski definition) is 0. The van der Waals surface area contributed by atoms with E-state index in [0.29, 0.717) is 5.41 Å². The van der Waals surface area contributed by atoms with Gasteiger partial charge >= 0.3 is 0 Å². The Morgan fingerprint density at radius 3 is 1.67 bits per heavy atom. The Kier molecular flexibility index (Phi) is 2.37. The van der Waals surface area contributed by atoms with Crippen LogP contribution in [0.5, 0.6) is 11.5 Å². The second-order valence-electron chi connectivity index (χ2n) is 4.99. The van der Waals surface area contributed by atoms with Crippen LogP contribution in [0.25, 0.3) is 0 Å². The van der Waals surface area contributed by atoms with Crippen molar-refractivity contribution < 1.29 is 9.47 Å². The summed E-state index contributed by atoms with van der Waals surface area (Å²) in [7, 11) is 3.37. The van der Waals surface area contributed by atoms with Gasteiger partial charge in [0.2, 0.25) is 0 Å². The van der Waals surface area contributed by atoms with Crippen LogP contribution in [-0.4, -0.2) is 14.2 Å². The molecular formula is C13H18O2. The van der Waals surface area contributed by atoms with Gasteiger partial charge in [-0.3, -0.25) is 0 Å². The van der Waals surface area contributed by atoms with Crippen LogP contribution in [0.15, 0.2) is 12.1 Å². The fourth-order valence-corrected chi connectivity index (χ4v) is 2.39. The molecule has 0 aromatic heterocycles. The minimum atomic E-state index is 0.375. The van der Waals surface area contributed by atoms with E-state index in [4.69, 9.17) is 9.47 Å². The average molecular weight is 206 g/mol. The predicted octanol–water partition coefficient (Wildman–Crippen LogP) is 2.83. The molecule has 0 atom stereocenters. The largest absolute Gasteiger partial charge is 0.493 e.